The number of nitrogens with zero attached hydrogens (tertiary/aromatic N) is 1. The molecular formula is C16H22N2OS. The highest BCUT2D eigenvalue weighted by Crippen LogP contribution is 2.20. The zero-order valence-corrected chi connectivity index (χ0v) is 13.0. The van der Waals surface area contributed by atoms with Gasteiger partial charge in [-0.2, -0.15) is 0 Å². The molecule has 2 rings (SSSR count). The molecule has 108 valence electrons. The van der Waals surface area contributed by atoms with Crippen LogP contribution in [0, 0.1) is 5.92 Å². The Balaban J connectivity index is 2.00. The van der Waals surface area contributed by atoms with Crippen LogP contribution >= 0.6 is 12.2 Å². The van der Waals surface area contributed by atoms with Gasteiger partial charge in [0.15, 0.2) is 0 Å². The van der Waals surface area contributed by atoms with Gasteiger partial charge < -0.3 is 10.6 Å². The van der Waals surface area contributed by atoms with Gasteiger partial charge in [-0.1, -0.05) is 50.3 Å². The van der Waals surface area contributed by atoms with Crippen LogP contribution in [0.1, 0.15) is 43.7 Å². The molecule has 1 saturated heterocycles. The maximum atomic E-state index is 11.2. The van der Waals surface area contributed by atoms with Crippen LogP contribution in [0.5, 0.6) is 0 Å². The van der Waals surface area contributed by atoms with Crippen molar-refractivity contribution in [1.82, 2.24) is 4.90 Å². The number of carbonyl (C=O) groups excluding carboxylic acids is 1. The smallest absolute Gasteiger partial charge is 0.220 e. The summed E-state index contributed by atoms with van der Waals surface area (Å²) >= 11 is 5.56. The minimum atomic E-state index is -0.183. The number of hydrogen-bond acceptors (Lipinski definition) is 2. The fraction of sp³-hybridized carbons (Fsp3) is 0.500. The Kier molecular flexibility index (Phi) is 4.76. The molecule has 1 amide bonds. The van der Waals surface area contributed by atoms with E-state index in [1.807, 2.05) is 0 Å². The first-order valence-electron chi connectivity index (χ1n) is 7.17. The van der Waals surface area contributed by atoms with Crippen molar-refractivity contribution in [2.75, 3.05) is 13.1 Å². The molecule has 0 aliphatic carbocycles. The van der Waals surface area contributed by atoms with Crippen molar-refractivity contribution in [3.05, 3.63) is 35.4 Å². The van der Waals surface area contributed by atoms with E-state index in [9.17, 15) is 4.79 Å². The van der Waals surface area contributed by atoms with Gasteiger partial charge in [0.2, 0.25) is 5.91 Å². The van der Waals surface area contributed by atoms with E-state index >= 15 is 0 Å². The largest absolute Gasteiger partial charge is 0.369 e. The number of thiocarbonyl (C=S) groups is 1. The van der Waals surface area contributed by atoms with Gasteiger partial charge in [0.1, 0.15) is 4.99 Å². The van der Waals surface area contributed by atoms with Crippen molar-refractivity contribution in [2.45, 2.75) is 32.6 Å². The van der Waals surface area contributed by atoms with E-state index < -0.39 is 0 Å². The molecule has 0 atom stereocenters. The molecule has 1 aliphatic heterocycles. The van der Waals surface area contributed by atoms with E-state index in [4.69, 9.17) is 18.0 Å². The molecule has 0 spiro atoms. The van der Waals surface area contributed by atoms with Crippen LogP contribution in [0.15, 0.2) is 24.3 Å². The molecule has 0 bridgehead atoms. The monoisotopic (exact) mass is 290 g/mol. The van der Waals surface area contributed by atoms with Crippen molar-refractivity contribution in [2.24, 2.45) is 11.7 Å². The van der Waals surface area contributed by atoms with Crippen LogP contribution in [0.2, 0.25) is 0 Å². The normalized spacial score (nSPS) is 16.4. The second-order valence-electron chi connectivity index (χ2n) is 5.75. The van der Waals surface area contributed by atoms with E-state index in [2.05, 4.69) is 43.0 Å². The third-order valence-electron chi connectivity index (χ3n) is 4.01. The lowest BCUT2D eigenvalue weighted by atomic mass is 9.95. The standard InChI is InChI=1S/C16H22N2OS/c1-11(2)12-3-5-14(6-4-12)16(20)18-9-7-13(8-10-18)15(17)19/h3-6,11,13H,7-10H2,1-2H3,(H2,17,19). The van der Waals surface area contributed by atoms with Gasteiger partial charge in [0, 0.05) is 24.6 Å². The second kappa shape index (κ2) is 6.35. The average Bonchev–Trinajstić information content (AvgIpc) is 2.46. The number of hydrogen-bond donors (Lipinski definition) is 1. The topological polar surface area (TPSA) is 46.3 Å². The van der Waals surface area contributed by atoms with Crippen molar-refractivity contribution in [1.29, 1.82) is 0 Å². The van der Waals surface area contributed by atoms with E-state index in [0.717, 1.165) is 36.5 Å². The number of nitrogens with two attached hydrogens (primary N) is 1. The summed E-state index contributed by atoms with van der Waals surface area (Å²) in [4.78, 5) is 14.2. The Morgan fingerprint density at radius 1 is 1.25 bits per heavy atom. The molecular weight excluding hydrogens is 268 g/mol. The first-order chi connectivity index (χ1) is 9.49. The van der Waals surface area contributed by atoms with E-state index in [1.165, 1.54) is 5.56 Å². The molecule has 0 radical (unpaired) electrons. The molecule has 20 heavy (non-hydrogen) atoms. The number of primary amides is 1. The van der Waals surface area contributed by atoms with Crippen LogP contribution in [0.3, 0.4) is 0 Å². The van der Waals surface area contributed by atoms with Crippen LogP contribution in [0.4, 0.5) is 0 Å². The molecule has 0 unspecified atom stereocenters. The van der Waals surface area contributed by atoms with Crippen molar-refractivity contribution < 1.29 is 4.79 Å². The summed E-state index contributed by atoms with van der Waals surface area (Å²) in [6.45, 7) is 6.00. The number of rotatable bonds is 3. The van der Waals surface area contributed by atoms with Crippen LogP contribution < -0.4 is 5.73 Å². The lowest BCUT2D eigenvalue weighted by Gasteiger charge is -2.32. The molecule has 1 fully saturated rings. The molecule has 4 heteroatoms. The van der Waals surface area contributed by atoms with Gasteiger partial charge in [0.05, 0.1) is 0 Å². The Morgan fingerprint density at radius 2 is 1.80 bits per heavy atom. The summed E-state index contributed by atoms with van der Waals surface area (Å²) in [5.41, 5.74) is 7.76. The number of benzene rings is 1. The molecule has 1 aromatic carbocycles. The number of amides is 1. The first kappa shape index (κ1) is 15.0. The zero-order chi connectivity index (χ0) is 14.7. The third-order valence-corrected chi connectivity index (χ3v) is 4.50. The predicted molar refractivity (Wildman–Crippen MR) is 85.7 cm³/mol. The van der Waals surface area contributed by atoms with Gasteiger partial charge in [-0.15, -0.1) is 0 Å². The van der Waals surface area contributed by atoms with Crippen LogP contribution in [-0.2, 0) is 4.79 Å². The Morgan fingerprint density at radius 3 is 2.25 bits per heavy atom. The third kappa shape index (κ3) is 3.37. The summed E-state index contributed by atoms with van der Waals surface area (Å²) in [5, 5.41) is 0. The summed E-state index contributed by atoms with van der Waals surface area (Å²) in [6.07, 6.45) is 1.61. The van der Waals surface area contributed by atoms with Crippen molar-refractivity contribution in [3.8, 4) is 0 Å². The fourth-order valence-corrected chi connectivity index (χ4v) is 2.88. The molecule has 1 heterocycles. The van der Waals surface area contributed by atoms with Crippen molar-refractivity contribution >= 4 is 23.1 Å². The van der Waals surface area contributed by atoms with Gasteiger partial charge >= 0.3 is 0 Å². The minimum absolute atomic E-state index is 0.0115. The molecule has 2 N–H and O–H groups in total. The SMILES string of the molecule is CC(C)c1ccc(C(=S)N2CCC(C(N)=O)CC2)cc1. The minimum Gasteiger partial charge on any atom is -0.369 e. The predicted octanol–water partition coefficient (Wildman–Crippen LogP) is 2.68. The quantitative estimate of drug-likeness (QED) is 0.871. The number of carbonyl (C=O) groups is 1. The van der Waals surface area contributed by atoms with Crippen LogP contribution in [-0.4, -0.2) is 28.9 Å². The Bertz CT molecular complexity index is 488. The van der Waals surface area contributed by atoms with Gasteiger partial charge in [-0.05, 0) is 24.3 Å². The second-order valence-corrected chi connectivity index (χ2v) is 6.13. The summed E-state index contributed by atoms with van der Waals surface area (Å²) in [6, 6.07) is 8.47. The summed E-state index contributed by atoms with van der Waals surface area (Å²) in [7, 11) is 0. The first-order valence-corrected chi connectivity index (χ1v) is 7.58. The lowest BCUT2D eigenvalue weighted by molar-refractivity contribution is -0.122. The highest BCUT2D eigenvalue weighted by Gasteiger charge is 2.24. The fourth-order valence-electron chi connectivity index (χ4n) is 2.56. The van der Waals surface area contributed by atoms with Gasteiger partial charge in [0.25, 0.3) is 0 Å². The van der Waals surface area contributed by atoms with E-state index in [0.29, 0.717) is 5.92 Å². The van der Waals surface area contributed by atoms with Gasteiger partial charge in [-0.25, -0.2) is 0 Å². The molecule has 1 aromatic rings. The maximum absolute atomic E-state index is 11.2. The molecule has 0 saturated carbocycles. The van der Waals surface area contributed by atoms with E-state index in [1.54, 1.807) is 0 Å². The maximum Gasteiger partial charge on any atom is 0.220 e. The number of piperidine rings is 1. The summed E-state index contributed by atoms with van der Waals surface area (Å²) < 4.78 is 0. The lowest BCUT2D eigenvalue weighted by Crippen LogP contribution is -2.41. The average molecular weight is 290 g/mol. The van der Waals surface area contributed by atoms with Crippen LogP contribution in [0.25, 0.3) is 0 Å². The highest BCUT2D eigenvalue weighted by atomic mass is 32.1. The zero-order valence-electron chi connectivity index (χ0n) is 12.1. The number of likely N-dealkylation sites (tertiary alicyclic amines) is 1. The Labute approximate surface area is 126 Å². The molecule has 0 aromatic heterocycles. The Hall–Kier alpha value is -1.42. The van der Waals surface area contributed by atoms with Crippen molar-refractivity contribution in [3.63, 3.8) is 0 Å². The van der Waals surface area contributed by atoms with E-state index in [-0.39, 0.29) is 11.8 Å². The molecule has 1 aliphatic rings. The van der Waals surface area contributed by atoms with Gasteiger partial charge in [-0.3, -0.25) is 4.79 Å². The molecule has 3 nitrogen and oxygen atoms in total. The summed E-state index contributed by atoms with van der Waals surface area (Å²) in [5.74, 6) is 0.359. The highest BCUT2D eigenvalue weighted by molar-refractivity contribution is 7.80.